The van der Waals surface area contributed by atoms with Crippen LogP contribution in [0.3, 0.4) is 0 Å². The number of nitrogens with one attached hydrogen (secondary N) is 2. The molecule has 0 heterocycles. The van der Waals surface area contributed by atoms with Crippen molar-refractivity contribution in [1.29, 1.82) is 0 Å². The van der Waals surface area contributed by atoms with Gasteiger partial charge in [0.25, 0.3) is 0 Å². The maximum atomic E-state index is 12.2. The number of benzene rings is 2. The molecule has 1 atom stereocenters. The fourth-order valence-corrected chi connectivity index (χ4v) is 3.21. The molecule has 22 heavy (non-hydrogen) atoms. The summed E-state index contributed by atoms with van der Waals surface area (Å²) in [6.45, 7) is 1.49. The van der Waals surface area contributed by atoms with E-state index >= 15 is 0 Å². The SMILES string of the molecule is C[C@H](NS(=O)(=O)c1ccc(Br)cc1)C(=O)Nc1ccccc1. The van der Waals surface area contributed by atoms with Gasteiger partial charge < -0.3 is 5.32 Å². The molecule has 2 N–H and O–H groups in total. The first-order valence-electron chi connectivity index (χ1n) is 6.52. The third kappa shape index (κ3) is 4.40. The smallest absolute Gasteiger partial charge is 0.242 e. The van der Waals surface area contributed by atoms with Gasteiger partial charge in [0.05, 0.1) is 10.9 Å². The van der Waals surface area contributed by atoms with E-state index in [-0.39, 0.29) is 4.90 Å². The van der Waals surface area contributed by atoms with Crippen LogP contribution in [-0.4, -0.2) is 20.4 Å². The van der Waals surface area contributed by atoms with Crippen molar-refractivity contribution in [3.63, 3.8) is 0 Å². The van der Waals surface area contributed by atoms with Gasteiger partial charge in [0.15, 0.2) is 0 Å². The molecular weight excluding hydrogens is 368 g/mol. The summed E-state index contributed by atoms with van der Waals surface area (Å²) >= 11 is 3.24. The van der Waals surface area contributed by atoms with Gasteiger partial charge in [-0.3, -0.25) is 4.79 Å². The van der Waals surface area contributed by atoms with E-state index in [2.05, 4.69) is 26.0 Å². The Morgan fingerprint density at radius 1 is 1.05 bits per heavy atom. The third-order valence-corrected chi connectivity index (χ3v) is 4.98. The highest BCUT2D eigenvalue weighted by Gasteiger charge is 2.21. The molecule has 2 rings (SSSR count). The van der Waals surface area contributed by atoms with Gasteiger partial charge in [-0.05, 0) is 43.3 Å². The lowest BCUT2D eigenvalue weighted by atomic mass is 10.3. The third-order valence-electron chi connectivity index (χ3n) is 2.89. The maximum Gasteiger partial charge on any atom is 0.242 e. The fraction of sp³-hybridized carbons (Fsp3) is 0.133. The lowest BCUT2D eigenvalue weighted by Crippen LogP contribution is -2.41. The van der Waals surface area contributed by atoms with Crippen LogP contribution < -0.4 is 10.0 Å². The molecule has 0 radical (unpaired) electrons. The Balaban J connectivity index is 2.05. The monoisotopic (exact) mass is 382 g/mol. The van der Waals surface area contributed by atoms with Crippen molar-refractivity contribution in [2.45, 2.75) is 17.9 Å². The van der Waals surface area contributed by atoms with Crippen LogP contribution in [-0.2, 0) is 14.8 Å². The average Bonchev–Trinajstić information content (AvgIpc) is 2.48. The molecule has 0 saturated heterocycles. The van der Waals surface area contributed by atoms with Crippen LogP contribution in [0.15, 0.2) is 64.0 Å². The van der Waals surface area contributed by atoms with Gasteiger partial charge in [0.2, 0.25) is 15.9 Å². The molecule has 7 heteroatoms. The van der Waals surface area contributed by atoms with E-state index in [4.69, 9.17) is 0 Å². The molecule has 0 bridgehead atoms. The summed E-state index contributed by atoms with van der Waals surface area (Å²) < 4.78 is 27.5. The highest BCUT2D eigenvalue weighted by atomic mass is 79.9. The molecule has 0 aliphatic heterocycles. The quantitative estimate of drug-likeness (QED) is 0.834. The molecule has 0 aromatic heterocycles. The van der Waals surface area contributed by atoms with Crippen LogP contribution in [0.4, 0.5) is 5.69 Å². The predicted octanol–water partition coefficient (Wildman–Crippen LogP) is 2.75. The van der Waals surface area contributed by atoms with Gasteiger partial charge in [-0.15, -0.1) is 0 Å². The molecular formula is C15H15BrN2O3S. The summed E-state index contributed by atoms with van der Waals surface area (Å²) in [5.74, 6) is -0.424. The zero-order chi connectivity index (χ0) is 16.2. The highest BCUT2D eigenvalue weighted by molar-refractivity contribution is 9.10. The Morgan fingerprint density at radius 3 is 2.23 bits per heavy atom. The molecule has 0 fully saturated rings. The van der Waals surface area contributed by atoms with Crippen molar-refractivity contribution < 1.29 is 13.2 Å². The van der Waals surface area contributed by atoms with Gasteiger partial charge in [0, 0.05) is 10.2 Å². The Labute approximate surface area is 137 Å². The van der Waals surface area contributed by atoms with Crippen LogP contribution in [0.2, 0.25) is 0 Å². The van der Waals surface area contributed by atoms with Crippen molar-refractivity contribution in [2.75, 3.05) is 5.32 Å². The van der Waals surface area contributed by atoms with E-state index in [1.165, 1.54) is 19.1 Å². The Bertz CT molecular complexity index is 746. The number of anilines is 1. The van der Waals surface area contributed by atoms with E-state index < -0.39 is 22.0 Å². The topological polar surface area (TPSA) is 75.3 Å². The lowest BCUT2D eigenvalue weighted by molar-refractivity contribution is -0.117. The number of hydrogen-bond donors (Lipinski definition) is 2. The van der Waals surface area contributed by atoms with E-state index in [0.29, 0.717) is 5.69 Å². The molecule has 1 amide bonds. The zero-order valence-corrected chi connectivity index (χ0v) is 14.2. The van der Waals surface area contributed by atoms with Gasteiger partial charge in [-0.2, -0.15) is 4.72 Å². The summed E-state index contributed by atoms with van der Waals surface area (Å²) in [6, 6.07) is 14.2. The second-order valence-electron chi connectivity index (χ2n) is 4.65. The van der Waals surface area contributed by atoms with Crippen molar-refractivity contribution in [2.24, 2.45) is 0 Å². The number of halogens is 1. The van der Waals surface area contributed by atoms with Gasteiger partial charge in [-0.25, -0.2) is 8.42 Å². The number of sulfonamides is 1. The molecule has 0 unspecified atom stereocenters. The predicted molar refractivity (Wildman–Crippen MR) is 89.0 cm³/mol. The number of amides is 1. The molecule has 5 nitrogen and oxygen atoms in total. The highest BCUT2D eigenvalue weighted by Crippen LogP contribution is 2.15. The molecule has 0 aliphatic carbocycles. The van der Waals surface area contributed by atoms with Crippen LogP contribution in [0.5, 0.6) is 0 Å². The number of rotatable bonds is 5. The molecule has 2 aromatic rings. The summed E-state index contributed by atoms with van der Waals surface area (Å²) in [6.07, 6.45) is 0. The molecule has 0 saturated carbocycles. The van der Waals surface area contributed by atoms with Crippen molar-refractivity contribution >= 4 is 37.5 Å². The molecule has 116 valence electrons. The Kier molecular flexibility index (Phi) is 5.33. The first kappa shape index (κ1) is 16.7. The zero-order valence-electron chi connectivity index (χ0n) is 11.8. The van der Waals surface area contributed by atoms with Crippen LogP contribution in [0.25, 0.3) is 0 Å². The van der Waals surface area contributed by atoms with Crippen LogP contribution in [0.1, 0.15) is 6.92 Å². The van der Waals surface area contributed by atoms with Crippen molar-refractivity contribution in [3.05, 3.63) is 59.1 Å². The standard InChI is InChI=1S/C15H15BrN2O3S/c1-11(15(19)17-13-5-3-2-4-6-13)18-22(20,21)14-9-7-12(16)8-10-14/h2-11,18H,1H3,(H,17,19)/t11-/m0/s1. The van der Waals surface area contributed by atoms with Crippen molar-refractivity contribution in [1.82, 2.24) is 4.72 Å². The second kappa shape index (κ2) is 7.04. The minimum Gasteiger partial charge on any atom is -0.325 e. The van der Waals surface area contributed by atoms with Gasteiger partial charge in [-0.1, -0.05) is 34.1 Å². The van der Waals surface area contributed by atoms with Crippen LogP contribution >= 0.6 is 15.9 Å². The van der Waals surface area contributed by atoms with E-state index in [1.807, 2.05) is 6.07 Å². The maximum absolute atomic E-state index is 12.2. The second-order valence-corrected chi connectivity index (χ2v) is 7.28. The number of hydrogen-bond acceptors (Lipinski definition) is 3. The van der Waals surface area contributed by atoms with Crippen LogP contribution in [0, 0.1) is 0 Å². The van der Waals surface area contributed by atoms with Crippen molar-refractivity contribution in [3.8, 4) is 0 Å². The Hall–Kier alpha value is -1.70. The van der Waals surface area contributed by atoms with E-state index in [1.54, 1.807) is 36.4 Å². The van der Waals surface area contributed by atoms with Gasteiger partial charge in [0.1, 0.15) is 0 Å². The largest absolute Gasteiger partial charge is 0.325 e. The van der Waals surface area contributed by atoms with E-state index in [0.717, 1.165) is 4.47 Å². The van der Waals surface area contributed by atoms with Gasteiger partial charge >= 0.3 is 0 Å². The minimum atomic E-state index is -3.75. The summed E-state index contributed by atoms with van der Waals surface area (Å²) in [4.78, 5) is 12.1. The molecule has 0 spiro atoms. The number of carbonyl (C=O) groups excluding carboxylic acids is 1. The Morgan fingerprint density at radius 2 is 1.64 bits per heavy atom. The van der Waals surface area contributed by atoms with E-state index in [9.17, 15) is 13.2 Å². The first-order chi connectivity index (χ1) is 10.4. The summed E-state index contributed by atoms with van der Waals surface area (Å²) in [7, 11) is -3.75. The molecule has 0 aliphatic rings. The minimum absolute atomic E-state index is 0.107. The first-order valence-corrected chi connectivity index (χ1v) is 8.80. The lowest BCUT2D eigenvalue weighted by Gasteiger charge is -2.14. The summed E-state index contributed by atoms with van der Waals surface area (Å²) in [5.41, 5.74) is 0.613. The summed E-state index contributed by atoms with van der Waals surface area (Å²) in [5, 5.41) is 2.65. The normalized spacial score (nSPS) is 12.6. The number of carbonyl (C=O) groups is 1. The fourth-order valence-electron chi connectivity index (χ4n) is 1.74. The number of para-hydroxylation sites is 1. The average molecular weight is 383 g/mol. The molecule has 2 aromatic carbocycles.